The fourth-order valence-corrected chi connectivity index (χ4v) is 5.12. The zero-order valence-corrected chi connectivity index (χ0v) is 22.8. The molecule has 0 saturated carbocycles. The molecule has 0 aliphatic carbocycles. The van der Waals surface area contributed by atoms with Gasteiger partial charge in [-0.25, -0.2) is 14.8 Å². The molecule has 0 fully saturated rings. The highest BCUT2D eigenvalue weighted by molar-refractivity contribution is 6.03. The zero-order valence-electron chi connectivity index (χ0n) is 22.8. The number of carboxylic acid groups (broad SMARTS) is 1. The second kappa shape index (κ2) is 11.8. The molecule has 0 amide bonds. The molecular formula is C29H35N7O5. The van der Waals surface area contributed by atoms with Gasteiger partial charge >= 0.3 is 5.97 Å². The van der Waals surface area contributed by atoms with Gasteiger partial charge in [0.2, 0.25) is 5.95 Å². The number of ether oxygens (including phenoxy) is 1. The Labute approximate surface area is 238 Å². The van der Waals surface area contributed by atoms with Crippen molar-refractivity contribution in [1.82, 2.24) is 19.4 Å². The minimum atomic E-state index is -1.15. The number of rotatable bonds is 10. The van der Waals surface area contributed by atoms with Crippen LogP contribution in [-0.4, -0.2) is 76.8 Å². The SMILES string of the molecule is C.COc1cc(N(C)CCN(C)C)c([N+](=O)[O-])cc1Nc1ncc(C(=O)O)c(-c2cn3c4c(cccc24)CCC3)n1. The Hall–Kier alpha value is -4.71. The Morgan fingerprint density at radius 1 is 1.24 bits per heavy atom. The number of para-hydroxylation sites is 1. The third kappa shape index (κ3) is 5.64. The number of carboxylic acids is 1. The standard InChI is InChI=1S/C28H31N7O5.CH4/c1-32(2)11-12-33(3)22-14-24(40-4)21(13-23(22)35(38)39)30-28-29-15-19(27(36)37)25(31-28)20-16-34-10-6-8-17-7-5-9-18(20)26(17)34;/h5,7,9,13-16H,6,8,10-12H2,1-4H3,(H,36,37)(H,29,30,31);1H4. The molecule has 4 aromatic rings. The van der Waals surface area contributed by atoms with E-state index in [0.717, 1.165) is 30.3 Å². The second-order valence-electron chi connectivity index (χ2n) is 10.1. The first-order valence-electron chi connectivity index (χ1n) is 12.9. The van der Waals surface area contributed by atoms with Crippen molar-refractivity contribution in [3.05, 3.63) is 64.0 Å². The monoisotopic (exact) mass is 561 g/mol. The summed E-state index contributed by atoms with van der Waals surface area (Å²) in [5.41, 5.74) is 3.80. The van der Waals surface area contributed by atoms with Gasteiger partial charge in [0.15, 0.2) is 0 Å². The van der Waals surface area contributed by atoms with E-state index in [1.807, 2.05) is 37.3 Å². The highest BCUT2D eigenvalue weighted by Crippen LogP contribution is 2.40. The molecule has 2 aromatic heterocycles. The maximum absolute atomic E-state index is 12.2. The Balaban J connectivity index is 0.00000387. The fraction of sp³-hybridized carbons (Fsp3) is 0.345. The molecular weight excluding hydrogens is 526 g/mol. The molecule has 0 atom stereocenters. The Kier molecular flexibility index (Phi) is 8.43. The zero-order chi connectivity index (χ0) is 28.6. The average molecular weight is 562 g/mol. The molecule has 216 valence electrons. The largest absolute Gasteiger partial charge is 0.494 e. The summed E-state index contributed by atoms with van der Waals surface area (Å²) in [6.45, 7) is 2.12. The van der Waals surface area contributed by atoms with E-state index in [9.17, 15) is 20.0 Å². The van der Waals surface area contributed by atoms with E-state index in [2.05, 4.69) is 25.9 Å². The van der Waals surface area contributed by atoms with Crippen molar-refractivity contribution in [2.24, 2.45) is 0 Å². The van der Waals surface area contributed by atoms with Gasteiger partial charge in [0.1, 0.15) is 17.0 Å². The van der Waals surface area contributed by atoms with Crippen LogP contribution in [0.1, 0.15) is 29.8 Å². The average Bonchev–Trinajstić information content (AvgIpc) is 3.31. The molecule has 0 spiro atoms. The van der Waals surface area contributed by atoms with E-state index in [1.165, 1.54) is 24.9 Å². The van der Waals surface area contributed by atoms with Crippen LogP contribution < -0.4 is 15.0 Å². The Morgan fingerprint density at radius 2 is 2.02 bits per heavy atom. The van der Waals surface area contributed by atoms with Crippen molar-refractivity contribution in [2.45, 2.75) is 26.8 Å². The Morgan fingerprint density at radius 3 is 2.71 bits per heavy atom. The summed E-state index contributed by atoms with van der Waals surface area (Å²) < 4.78 is 7.71. The number of hydrogen-bond donors (Lipinski definition) is 2. The first kappa shape index (κ1) is 29.3. The number of benzene rings is 2. The van der Waals surface area contributed by atoms with Crippen LogP contribution in [0.3, 0.4) is 0 Å². The quantitative estimate of drug-likeness (QED) is 0.200. The first-order chi connectivity index (χ1) is 19.2. The lowest BCUT2D eigenvalue weighted by Crippen LogP contribution is -2.29. The van der Waals surface area contributed by atoms with Gasteiger partial charge in [-0.2, -0.15) is 0 Å². The van der Waals surface area contributed by atoms with E-state index in [0.29, 0.717) is 30.1 Å². The summed E-state index contributed by atoms with van der Waals surface area (Å²) in [7, 11) is 7.13. The third-order valence-corrected chi connectivity index (χ3v) is 7.14. The molecule has 41 heavy (non-hydrogen) atoms. The van der Waals surface area contributed by atoms with Gasteiger partial charge in [0.25, 0.3) is 5.69 Å². The van der Waals surface area contributed by atoms with Crippen molar-refractivity contribution in [2.75, 3.05) is 51.6 Å². The molecule has 2 N–H and O–H groups in total. The van der Waals surface area contributed by atoms with Crippen LogP contribution in [0.4, 0.5) is 23.0 Å². The van der Waals surface area contributed by atoms with E-state index < -0.39 is 10.9 Å². The summed E-state index contributed by atoms with van der Waals surface area (Å²) in [5.74, 6) is -0.697. The van der Waals surface area contributed by atoms with Crippen molar-refractivity contribution in [3.63, 3.8) is 0 Å². The van der Waals surface area contributed by atoms with E-state index in [4.69, 9.17) is 4.74 Å². The number of hydrogen-bond acceptors (Lipinski definition) is 9. The minimum absolute atomic E-state index is 0. The van der Waals surface area contributed by atoms with Gasteiger partial charge in [-0.3, -0.25) is 10.1 Å². The van der Waals surface area contributed by atoms with Gasteiger partial charge in [0.05, 0.1) is 28.9 Å². The lowest BCUT2D eigenvalue weighted by atomic mass is 10.0. The van der Waals surface area contributed by atoms with Gasteiger partial charge < -0.3 is 29.5 Å². The summed E-state index contributed by atoms with van der Waals surface area (Å²) in [6.07, 6.45) is 5.16. The summed E-state index contributed by atoms with van der Waals surface area (Å²) >= 11 is 0. The molecule has 2 aromatic carbocycles. The van der Waals surface area contributed by atoms with Crippen molar-refractivity contribution >= 4 is 39.9 Å². The molecule has 12 heteroatoms. The lowest BCUT2D eigenvalue weighted by molar-refractivity contribution is -0.384. The molecule has 12 nitrogen and oxygen atoms in total. The molecule has 1 aliphatic heterocycles. The highest BCUT2D eigenvalue weighted by Gasteiger charge is 2.25. The van der Waals surface area contributed by atoms with Crippen LogP contribution in [0, 0.1) is 10.1 Å². The normalized spacial score (nSPS) is 12.2. The maximum Gasteiger partial charge on any atom is 0.339 e. The predicted octanol–water partition coefficient (Wildman–Crippen LogP) is 5.04. The number of anilines is 3. The lowest BCUT2D eigenvalue weighted by Gasteiger charge is -2.22. The molecule has 0 saturated heterocycles. The number of methoxy groups -OCH3 is 1. The number of carbonyl (C=O) groups is 1. The van der Waals surface area contributed by atoms with Crippen LogP contribution in [0.15, 0.2) is 42.7 Å². The van der Waals surface area contributed by atoms with Crippen molar-refractivity contribution < 1.29 is 19.6 Å². The number of nitrogens with zero attached hydrogens (tertiary/aromatic N) is 6. The third-order valence-electron chi connectivity index (χ3n) is 7.14. The number of nitro groups is 1. The van der Waals surface area contributed by atoms with Crippen molar-refractivity contribution in [3.8, 4) is 17.0 Å². The van der Waals surface area contributed by atoms with E-state index in [1.54, 1.807) is 18.0 Å². The number of aryl methyl sites for hydroxylation is 2. The topological polar surface area (TPSA) is 139 Å². The first-order valence-corrected chi connectivity index (χ1v) is 12.9. The summed E-state index contributed by atoms with van der Waals surface area (Å²) in [5, 5.41) is 25.9. The van der Waals surface area contributed by atoms with E-state index >= 15 is 0 Å². The molecule has 3 heterocycles. The number of aromatic nitrogens is 3. The molecule has 0 radical (unpaired) electrons. The number of aromatic carboxylic acids is 1. The Bertz CT molecular complexity index is 1620. The molecule has 0 unspecified atom stereocenters. The number of nitro benzene ring substituents is 1. The number of nitrogens with one attached hydrogen (secondary N) is 1. The summed E-state index contributed by atoms with van der Waals surface area (Å²) in [6, 6.07) is 9.02. The van der Waals surface area contributed by atoms with Gasteiger partial charge in [0, 0.05) is 62.2 Å². The van der Waals surface area contributed by atoms with Gasteiger partial charge in [-0.05, 0) is 32.5 Å². The fourth-order valence-electron chi connectivity index (χ4n) is 5.12. The minimum Gasteiger partial charge on any atom is -0.494 e. The van der Waals surface area contributed by atoms with Crippen LogP contribution in [0.2, 0.25) is 0 Å². The van der Waals surface area contributed by atoms with Crippen LogP contribution in [-0.2, 0) is 13.0 Å². The van der Waals surface area contributed by atoms with Crippen molar-refractivity contribution in [1.29, 1.82) is 0 Å². The smallest absolute Gasteiger partial charge is 0.339 e. The van der Waals surface area contributed by atoms with Crippen LogP contribution in [0.25, 0.3) is 22.2 Å². The number of likely N-dealkylation sites (N-methyl/N-ethyl adjacent to an activating group) is 2. The second-order valence-corrected chi connectivity index (χ2v) is 10.1. The molecule has 0 bridgehead atoms. The molecule has 5 rings (SSSR count). The molecule has 1 aliphatic rings. The van der Waals surface area contributed by atoms with Gasteiger partial charge in [-0.15, -0.1) is 0 Å². The predicted molar refractivity (Wildman–Crippen MR) is 160 cm³/mol. The van der Waals surface area contributed by atoms with E-state index in [-0.39, 0.29) is 36.0 Å². The highest BCUT2D eigenvalue weighted by atomic mass is 16.6. The van der Waals surface area contributed by atoms with Crippen LogP contribution in [0.5, 0.6) is 5.75 Å². The maximum atomic E-state index is 12.2. The van der Waals surface area contributed by atoms with Gasteiger partial charge in [-0.1, -0.05) is 25.6 Å². The van der Waals surface area contributed by atoms with Crippen LogP contribution >= 0.6 is 0 Å². The summed E-state index contributed by atoms with van der Waals surface area (Å²) in [4.78, 5) is 36.4.